The number of aromatic amines is 1. The number of carbonyl (C=O) groups is 1. The van der Waals surface area contributed by atoms with Crippen LogP contribution in [0.1, 0.15) is 32.4 Å². The zero-order valence-electron chi connectivity index (χ0n) is 11.1. The van der Waals surface area contributed by atoms with Gasteiger partial charge in [0.05, 0.1) is 4.88 Å². The van der Waals surface area contributed by atoms with Gasteiger partial charge in [-0.1, -0.05) is 0 Å². The first-order valence-corrected chi connectivity index (χ1v) is 8.76. The van der Waals surface area contributed by atoms with E-state index in [9.17, 15) is 4.79 Å². The molecule has 20 heavy (non-hydrogen) atoms. The van der Waals surface area contributed by atoms with Crippen molar-refractivity contribution in [3.05, 3.63) is 39.6 Å². The zero-order valence-corrected chi connectivity index (χ0v) is 12.8. The number of thiophene rings is 1. The first-order chi connectivity index (χ1) is 9.83. The van der Waals surface area contributed by atoms with Crippen LogP contribution < -0.4 is 5.32 Å². The molecular weight excluding hydrogens is 290 g/mol. The number of nitrogens with one attached hydrogen (secondary N) is 2. The Balaban J connectivity index is 1.48. The predicted molar refractivity (Wildman–Crippen MR) is 83.4 cm³/mol. The molecule has 0 aliphatic carbocycles. The summed E-state index contributed by atoms with van der Waals surface area (Å²) in [7, 11) is 0. The molecule has 0 saturated heterocycles. The van der Waals surface area contributed by atoms with E-state index in [1.807, 2.05) is 18.0 Å². The van der Waals surface area contributed by atoms with Crippen molar-refractivity contribution in [1.29, 1.82) is 0 Å². The van der Waals surface area contributed by atoms with Crippen LogP contribution in [0.2, 0.25) is 0 Å². The summed E-state index contributed by atoms with van der Waals surface area (Å²) < 4.78 is 0. The highest BCUT2D eigenvalue weighted by molar-refractivity contribution is 7.98. The molecule has 6 heteroatoms. The molecule has 0 spiro atoms. The molecule has 2 aromatic heterocycles. The zero-order chi connectivity index (χ0) is 13.8. The van der Waals surface area contributed by atoms with Crippen molar-refractivity contribution in [2.45, 2.75) is 25.0 Å². The summed E-state index contributed by atoms with van der Waals surface area (Å²) in [5.74, 6) is 3.27. The quantitative estimate of drug-likeness (QED) is 0.835. The maximum Gasteiger partial charge on any atom is 0.261 e. The van der Waals surface area contributed by atoms with Crippen LogP contribution in [0.3, 0.4) is 0 Å². The minimum atomic E-state index is 0.0637. The second kappa shape index (κ2) is 6.45. The summed E-state index contributed by atoms with van der Waals surface area (Å²) in [5.41, 5.74) is 1.35. The largest absolute Gasteiger partial charge is 0.351 e. The number of aryl methyl sites for hydroxylation is 2. The molecular formula is C14H17N3OS2. The molecule has 0 atom stereocenters. The maximum atomic E-state index is 12.1. The molecule has 0 aromatic carbocycles. The van der Waals surface area contributed by atoms with Crippen molar-refractivity contribution in [3.63, 3.8) is 0 Å². The van der Waals surface area contributed by atoms with Crippen LogP contribution in [0.15, 0.2) is 18.5 Å². The van der Waals surface area contributed by atoms with Crippen LogP contribution in [0, 0.1) is 0 Å². The Bertz CT molecular complexity index is 554. The van der Waals surface area contributed by atoms with Gasteiger partial charge in [0.15, 0.2) is 0 Å². The van der Waals surface area contributed by atoms with Crippen molar-refractivity contribution in [2.24, 2.45) is 0 Å². The Kier molecular flexibility index (Phi) is 4.42. The minimum Gasteiger partial charge on any atom is -0.351 e. The second-order valence-electron chi connectivity index (χ2n) is 4.76. The first-order valence-electron chi connectivity index (χ1n) is 6.79. The molecule has 0 fully saturated rings. The third-order valence-corrected chi connectivity index (χ3v) is 5.53. The van der Waals surface area contributed by atoms with E-state index in [-0.39, 0.29) is 5.91 Å². The highest BCUT2D eigenvalue weighted by Crippen LogP contribution is 2.31. The lowest BCUT2D eigenvalue weighted by atomic mass is 10.2. The number of fused-ring (bicyclic) bond motifs is 1. The van der Waals surface area contributed by atoms with Gasteiger partial charge in [0.2, 0.25) is 0 Å². The Morgan fingerprint density at radius 1 is 1.50 bits per heavy atom. The Hall–Kier alpha value is -1.27. The fourth-order valence-corrected chi connectivity index (χ4v) is 4.53. The first kappa shape index (κ1) is 13.7. The third-order valence-electron chi connectivity index (χ3n) is 3.28. The molecule has 1 amide bonds. The van der Waals surface area contributed by atoms with Gasteiger partial charge in [-0.05, 0) is 30.2 Å². The Morgan fingerprint density at radius 2 is 2.45 bits per heavy atom. The topological polar surface area (TPSA) is 57.8 Å². The summed E-state index contributed by atoms with van der Waals surface area (Å²) in [5, 5.41) is 2.99. The van der Waals surface area contributed by atoms with E-state index in [0.717, 1.165) is 35.7 Å². The molecule has 0 radical (unpaired) electrons. The highest BCUT2D eigenvalue weighted by atomic mass is 32.2. The summed E-state index contributed by atoms with van der Waals surface area (Å²) >= 11 is 3.60. The molecule has 0 saturated carbocycles. The van der Waals surface area contributed by atoms with Crippen LogP contribution in [0.25, 0.3) is 0 Å². The van der Waals surface area contributed by atoms with Crippen molar-refractivity contribution in [3.8, 4) is 0 Å². The van der Waals surface area contributed by atoms with E-state index in [1.165, 1.54) is 16.2 Å². The van der Waals surface area contributed by atoms with Crippen LogP contribution in [-0.2, 0) is 18.6 Å². The number of aromatic nitrogens is 2. The number of imidazole rings is 1. The van der Waals surface area contributed by atoms with E-state index in [2.05, 4.69) is 21.4 Å². The monoisotopic (exact) mass is 307 g/mol. The summed E-state index contributed by atoms with van der Waals surface area (Å²) in [6.45, 7) is 0.691. The van der Waals surface area contributed by atoms with Gasteiger partial charge in [-0.2, -0.15) is 11.8 Å². The van der Waals surface area contributed by atoms with Gasteiger partial charge in [-0.15, -0.1) is 11.3 Å². The number of hydrogen-bond donors (Lipinski definition) is 2. The van der Waals surface area contributed by atoms with Crippen molar-refractivity contribution in [1.82, 2.24) is 15.3 Å². The number of H-pyrrole nitrogens is 1. The van der Waals surface area contributed by atoms with Crippen molar-refractivity contribution in [2.75, 3.05) is 12.3 Å². The van der Waals surface area contributed by atoms with Gasteiger partial charge in [0.1, 0.15) is 5.82 Å². The standard InChI is InChI=1S/C14H17N3OS2/c18-14(17-4-1-2-13-15-5-6-16-13)12-8-10-9-19-7-3-11(10)20-12/h5-6,8H,1-4,7,9H2,(H,15,16)(H,17,18). The summed E-state index contributed by atoms with van der Waals surface area (Å²) in [4.78, 5) is 21.6. The van der Waals surface area contributed by atoms with Gasteiger partial charge in [0.25, 0.3) is 5.91 Å². The number of hydrogen-bond acceptors (Lipinski definition) is 4. The number of rotatable bonds is 5. The maximum absolute atomic E-state index is 12.1. The van der Waals surface area contributed by atoms with Crippen LogP contribution in [-0.4, -0.2) is 28.2 Å². The molecule has 0 bridgehead atoms. The van der Waals surface area contributed by atoms with Gasteiger partial charge < -0.3 is 10.3 Å². The Labute approximate surface area is 126 Å². The number of amides is 1. The molecule has 3 rings (SSSR count). The normalized spacial score (nSPS) is 14.0. The van der Waals surface area contributed by atoms with E-state index >= 15 is 0 Å². The van der Waals surface area contributed by atoms with Gasteiger partial charge >= 0.3 is 0 Å². The summed E-state index contributed by atoms with van der Waals surface area (Å²) in [6.07, 6.45) is 6.45. The van der Waals surface area contributed by atoms with Gasteiger partial charge in [-0.25, -0.2) is 4.98 Å². The lowest BCUT2D eigenvalue weighted by Crippen LogP contribution is -2.23. The third kappa shape index (κ3) is 3.24. The smallest absolute Gasteiger partial charge is 0.261 e. The fourth-order valence-electron chi connectivity index (χ4n) is 2.24. The van der Waals surface area contributed by atoms with Crippen LogP contribution >= 0.6 is 23.1 Å². The average molecular weight is 307 g/mol. The van der Waals surface area contributed by atoms with Crippen molar-refractivity contribution < 1.29 is 4.79 Å². The predicted octanol–water partition coefficient (Wildman–Crippen LogP) is 2.62. The average Bonchev–Trinajstić information content (AvgIpc) is 3.12. The van der Waals surface area contributed by atoms with Crippen LogP contribution in [0.4, 0.5) is 0 Å². The van der Waals surface area contributed by atoms with Gasteiger partial charge in [-0.3, -0.25) is 4.79 Å². The molecule has 0 unspecified atom stereocenters. The van der Waals surface area contributed by atoms with E-state index in [1.54, 1.807) is 17.5 Å². The lowest BCUT2D eigenvalue weighted by molar-refractivity contribution is 0.0957. The molecule has 2 aromatic rings. The molecule has 4 nitrogen and oxygen atoms in total. The van der Waals surface area contributed by atoms with Gasteiger partial charge in [0, 0.05) is 36.0 Å². The second-order valence-corrected chi connectivity index (χ2v) is 7.00. The molecule has 3 heterocycles. The number of nitrogens with zero attached hydrogens (tertiary/aromatic N) is 1. The molecule has 2 N–H and O–H groups in total. The SMILES string of the molecule is O=C(NCCCc1ncc[nH]1)c1cc2c(s1)CCSC2. The molecule has 1 aliphatic rings. The molecule has 106 valence electrons. The Morgan fingerprint density at radius 3 is 3.25 bits per heavy atom. The molecule has 1 aliphatic heterocycles. The minimum absolute atomic E-state index is 0.0637. The fraction of sp³-hybridized carbons (Fsp3) is 0.429. The lowest BCUT2D eigenvalue weighted by Gasteiger charge is -2.08. The van der Waals surface area contributed by atoms with E-state index in [0.29, 0.717) is 6.54 Å². The highest BCUT2D eigenvalue weighted by Gasteiger charge is 2.17. The van der Waals surface area contributed by atoms with E-state index < -0.39 is 0 Å². The number of thioether (sulfide) groups is 1. The van der Waals surface area contributed by atoms with E-state index in [4.69, 9.17) is 0 Å². The number of carbonyl (C=O) groups excluding carboxylic acids is 1. The van der Waals surface area contributed by atoms with Crippen molar-refractivity contribution >= 4 is 29.0 Å². The van der Waals surface area contributed by atoms with Crippen LogP contribution in [0.5, 0.6) is 0 Å². The summed E-state index contributed by atoms with van der Waals surface area (Å²) in [6, 6.07) is 2.06.